The van der Waals surface area contributed by atoms with Gasteiger partial charge in [-0.05, 0) is 32.3 Å². The van der Waals surface area contributed by atoms with E-state index in [-0.39, 0.29) is 24.0 Å². The molecule has 0 amide bonds. The van der Waals surface area contributed by atoms with Crippen LogP contribution in [0.15, 0.2) is 35.5 Å². The van der Waals surface area contributed by atoms with Gasteiger partial charge in [-0.1, -0.05) is 18.2 Å². The lowest BCUT2D eigenvalue weighted by molar-refractivity contribution is 0.119. The van der Waals surface area contributed by atoms with Crippen LogP contribution < -0.4 is 15.4 Å². The second-order valence-electron chi connectivity index (χ2n) is 5.92. The van der Waals surface area contributed by atoms with E-state index in [2.05, 4.69) is 33.6 Å². The number of aromatic nitrogens is 1. The van der Waals surface area contributed by atoms with Crippen LogP contribution in [0, 0.1) is 6.92 Å². The molecular weight excluding hydrogens is 447 g/mol. The highest BCUT2D eigenvalue weighted by Gasteiger charge is 2.20. The number of nitrogens with one attached hydrogen (secondary N) is 2. The van der Waals surface area contributed by atoms with Crippen LogP contribution in [0.1, 0.15) is 34.7 Å². The summed E-state index contributed by atoms with van der Waals surface area (Å²) in [5.74, 6) is 1.74. The summed E-state index contributed by atoms with van der Waals surface area (Å²) in [5, 5.41) is 7.71. The molecule has 7 heteroatoms. The molecule has 0 atom stereocenters. The zero-order chi connectivity index (χ0) is 16.8. The molecule has 25 heavy (non-hydrogen) atoms. The van der Waals surface area contributed by atoms with E-state index in [1.54, 1.807) is 18.4 Å². The summed E-state index contributed by atoms with van der Waals surface area (Å²) in [6.45, 7) is 3.42. The monoisotopic (exact) mass is 472 g/mol. The molecule has 1 saturated carbocycles. The Hall–Kier alpha value is -1.35. The van der Waals surface area contributed by atoms with Gasteiger partial charge in [0.05, 0.1) is 12.6 Å². The molecule has 136 valence electrons. The number of hydrogen-bond donors (Lipinski definition) is 2. The number of nitrogens with zero attached hydrogens (tertiary/aromatic N) is 2. The van der Waals surface area contributed by atoms with Crippen LogP contribution in [0.25, 0.3) is 0 Å². The highest BCUT2D eigenvalue weighted by atomic mass is 127. The number of guanidine groups is 1. The number of hydrogen-bond acceptors (Lipinski definition) is 4. The van der Waals surface area contributed by atoms with Gasteiger partial charge >= 0.3 is 0 Å². The van der Waals surface area contributed by atoms with E-state index in [1.165, 1.54) is 11.3 Å². The van der Waals surface area contributed by atoms with Crippen molar-refractivity contribution in [3.8, 4) is 5.75 Å². The highest BCUT2D eigenvalue weighted by molar-refractivity contribution is 14.0. The molecule has 1 heterocycles. The van der Waals surface area contributed by atoms with E-state index in [0.717, 1.165) is 35.1 Å². The summed E-state index contributed by atoms with van der Waals surface area (Å²) in [4.78, 5) is 9.85. The van der Waals surface area contributed by atoms with Crippen molar-refractivity contribution in [3.63, 3.8) is 0 Å². The lowest BCUT2D eigenvalue weighted by Crippen LogP contribution is -2.36. The fourth-order valence-electron chi connectivity index (χ4n) is 2.48. The summed E-state index contributed by atoms with van der Waals surface area (Å²) in [6.07, 6.45) is 5.89. The molecule has 0 spiro atoms. The van der Waals surface area contributed by atoms with Crippen LogP contribution in [0.5, 0.6) is 5.75 Å². The Morgan fingerprint density at radius 1 is 1.28 bits per heavy atom. The number of benzene rings is 1. The SMILES string of the molecule is CN=C(NCc1ncc(C)s1)NCc1ccccc1OC1CCC1.I. The van der Waals surface area contributed by atoms with Crippen LogP contribution in [0.2, 0.25) is 0 Å². The van der Waals surface area contributed by atoms with Crippen LogP contribution in [0.3, 0.4) is 0 Å². The lowest BCUT2D eigenvalue weighted by atomic mass is 9.96. The average molecular weight is 472 g/mol. The molecule has 0 radical (unpaired) electrons. The third-order valence-electron chi connectivity index (χ3n) is 4.06. The number of para-hydroxylation sites is 1. The van der Waals surface area contributed by atoms with Gasteiger partial charge in [-0.25, -0.2) is 4.98 Å². The van der Waals surface area contributed by atoms with Crippen LogP contribution in [-0.4, -0.2) is 24.1 Å². The maximum absolute atomic E-state index is 6.07. The van der Waals surface area contributed by atoms with E-state index in [0.29, 0.717) is 19.2 Å². The molecule has 0 saturated heterocycles. The summed E-state index contributed by atoms with van der Waals surface area (Å²) < 4.78 is 6.07. The Labute approximate surface area is 170 Å². The molecule has 1 aromatic heterocycles. The van der Waals surface area contributed by atoms with Gasteiger partial charge in [-0.2, -0.15) is 0 Å². The predicted molar refractivity (Wildman–Crippen MR) is 114 cm³/mol. The number of rotatable bonds is 6. The smallest absolute Gasteiger partial charge is 0.191 e. The molecule has 5 nitrogen and oxygen atoms in total. The summed E-state index contributed by atoms with van der Waals surface area (Å²) in [7, 11) is 1.78. The van der Waals surface area contributed by atoms with Crippen molar-refractivity contribution in [2.45, 2.75) is 45.4 Å². The van der Waals surface area contributed by atoms with Crippen molar-refractivity contribution in [3.05, 3.63) is 45.9 Å². The average Bonchev–Trinajstić information content (AvgIpc) is 2.97. The summed E-state index contributed by atoms with van der Waals surface area (Å²) in [6, 6.07) is 8.21. The fourth-order valence-corrected chi connectivity index (χ4v) is 3.20. The van der Waals surface area contributed by atoms with Crippen molar-refractivity contribution in [1.29, 1.82) is 0 Å². The maximum atomic E-state index is 6.07. The Morgan fingerprint density at radius 3 is 2.68 bits per heavy atom. The molecule has 1 aliphatic carbocycles. The normalized spacial score (nSPS) is 14.4. The molecule has 0 aliphatic heterocycles. The van der Waals surface area contributed by atoms with E-state index in [4.69, 9.17) is 4.74 Å². The lowest BCUT2D eigenvalue weighted by Gasteiger charge is -2.27. The largest absolute Gasteiger partial charge is 0.490 e. The van der Waals surface area contributed by atoms with E-state index in [1.807, 2.05) is 24.4 Å². The first-order valence-electron chi connectivity index (χ1n) is 8.35. The quantitative estimate of drug-likeness (QED) is 0.381. The molecule has 1 fully saturated rings. The van der Waals surface area contributed by atoms with Gasteiger partial charge < -0.3 is 15.4 Å². The molecule has 3 rings (SSSR count). The standard InChI is InChI=1S/C18H24N4OS.HI/c1-13-10-20-17(24-13)12-22-18(19-2)21-11-14-6-3-4-9-16(14)23-15-7-5-8-15;/h3-4,6,9-10,15H,5,7-8,11-12H2,1-2H3,(H2,19,21,22);1H. The Kier molecular flexibility index (Phi) is 7.95. The fraction of sp³-hybridized carbons (Fsp3) is 0.444. The molecule has 2 N–H and O–H groups in total. The van der Waals surface area contributed by atoms with Gasteiger partial charge in [0.15, 0.2) is 5.96 Å². The van der Waals surface area contributed by atoms with E-state index < -0.39 is 0 Å². The Balaban J connectivity index is 0.00000225. The number of thiazole rings is 1. The van der Waals surface area contributed by atoms with Crippen molar-refractivity contribution in [2.75, 3.05) is 7.05 Å². The third-order valence-corrected chi connectivity index (χ3v) is 4.98. The minimum Gasteiger partial charge on any atom is -0.490 e. The number of ether oxygens (including phenoxy) is 1. The second-order valence-corrected chi connectivity index (χ2v) is 7.24. The molecular formula is C18H25IN4OS. The number of halogens is 1. The topological polar surface area (TPSA) is 58.5 Å². The Bertz CT molecular complexity index is 700. The minimum atomic E-state index is 0. The summed E-state index contributed by atoms with van der Waals surface area (Å²) in [5.41, 5.74) is 1.15. The minimum absolute atomic E-state index is 0. The van der Waals surface area contributed by atoms with Gasteiger partial charge in [-0.15, -0.1) is 35.3 Å². The number of aliphatic imine (C=N–C) groups is 1. The van der Waals surface area contributed by atoms with Gasteiger partial charge in [0, 0.05) is 30.2 Å². The van der Waals surface area contributed by atoms with Gasteiger partial charge in [0.2, 0.25) is 0 Å². The van der Waals surface area contributed by atoms with Crippen LogP contribution in [0.4, 0.5) is 0 Å². The zero-order valence-corrected chi connectivity index (χ0v) is 17.8. The first-order chi connectivity index (χ1) is 11.7. The van der Waals surface area contributed by atoms with E-state index in [9.17, 15) is 0 Å². The van der Waals surface area contributed by atoms with Crippen LogP contribution in [-0.2, 0) is 13.1 Å². The van der Waals surface area contributed by atoms with Gasteiger partial charge in [-0.3, -0.25) is 4.99 Å². The molecule has 1 aromatic carbocycles. The maximum Gasteiger partial charge on any atom is 0.191 e. The highest BCUT2D eigenvalue weighted by Crippen LogP contribution is 2.27. The summed E-state index contributed by atoms with van der Waals surface area (Å²) >= 11 is 1.70. The predicted octanol–water partition coefficient (Wildman–Crippen LogP) is 3.87. The van der Waals surface area contributed by atoms with Crippen LogP contribution >= 0.6 is 35.3 Å². The molecule has 1 aliphatic rings. The zero-order valence-electron chi connectivity index (χ0n) is 14.6. The molecule has 0 unspecified atom stereocenters. The number of aryl methyl sites for hydroxylation is 1. The Morgan fingerprint density at radius 2 is 2.04 bits per heavy atom. The van der Waals surface area contributed by atoms with Crippen molar-refractivity contribution in [2.24, 2.45) is 4.99 Å². The molecule has 2 aromatic rings. The van der Waals surface area contributed by atoms with Crippen molar-refractivity contribution in [1.82, 2.24) is 15.6 Å². The van der Waals surface area contributed by atoms with Crippen molar-refractivity contribution >= 4 is 41.3 Å². The second kappa shape index (κ2) is 9.96. The van der Waals surface area contributed by atoms with Crippen molar-refractivity contribution < 1.29 is 4.74 Å². The van der Waals surface area contributed by atoms with Gasteiger partial charge in [0.25, 0.3) is 0 Å². The first-order valence-corrected chi connectivity index (χ1v) is 9.16. The first kappa shape index (κ1) is 20.0. The molecule has 0 bridgehead atoms. The van der Waals surface area contributed by atoms with Gasteiger partial charge in [0.1, 0.15) is 10.8 Å². The third kappa shape index (κ3) is 5.85. The van der Waals surface area contributed by atoms with E-state index >= 15 is 0 Å².